The van der Waals surface area contributed by atoms with Gasteiger partial charge in [0, 0.05) is 54.9 Å². The van der Waals surface area contributed by atoms with Gasteiger partial charge in [0.25, 0.3) is 0 Å². The summed E-state index contributed by atoms with van der Waals surface area (Å²) in [6.07, 6.45) is 2.69. The zero-order valence-electron chi connectivity index (χ0n) is 21.6. The van der Waals surface area contributed by atoms with Crippen molar-refractivity contribution in [1.29, 1.82) is 0 Å². The van der Waals surface area contributed by atoms with E-state index in [1.807, 2.05) is 12.1 Å². The van der Waals surface area contributed by atoms with Crippen LogP contribution in [0.4, 0.5) is 30.6 Å². The van der Waals surface area contributed by atoms with Gasteiger partial charge in [-0.2, -0.15) is 5.10 Å². The maximum absolute atomic E-state index is 14.6. The third kappa shape index (κ3) is 6.29. The maximum Gasteiger partial charge on any atom is 0.321 e. The van der Waals surface area contributed by atoms with E-state index in [0.29, 0.717) is 43.3 Å². The molecule has 1 atom stereocenters. The van der Waals surface area contributed by atoms with Crippen molar-refractivity contribution in [2.75, 3.05) is 48.7 Å². The number of carbonyl (C=O) groups is 1. The highest BCUT2D eigenvalue weighted by Crippen LogP contribution is 2.29. The van der Waals surface area contributed by atoms with Gasteiger partial charge in [-0.1, -0.05) is 6.07 Å². The second-order valence-electron chi connectivity index (χ2n) is 9.56. The number of nitrogens with zero attached hydrogens (tertiary/aromatic N) is 5. The number of amides is 2. The average Bonchev–Trinajstić information content (AvgIpc) is 3.46. The molecule has 4 aromatic rings. The number of aliphatic hydroxyl groups is 1. The zero-order valence-corrected chi connectivity index (χ0v) is 21.6. The second kappa shape index (κ2) is 11.6. The first kappa shape index (κ1) is 26.9. The summed E-state index contributed by atoms with van der Waals surface area (Å²) < 4.78 is 35.3. The van der Waals surface area contributed by atoms with Crippen molar-refractivity contribution in [3.05, 3.63) is 96.6 Å². The number of carbonyl (C=O) groups excluding carboxylic acids is 1. The Balaban J connectivity index is 1.19. The van der Waals surface area contributed by atoms with Gasteiger partial charge in [0.15, 0.2) is 0 Å². The van der Waals surface area contributed by atoms with Crippen molar-refractivity contribution >= 4 is 23.1 Å². The van der Waals surface area contributed by atoms with Gasteiger partial charge in [0.05, 0.1) is 6.54 Å². The molecule has 5 rings (SSSR count). The number of halogens is 2. The number of piperazine rings is 1. The molecule has 0 aliphatic carbocycles. The van der Waals surface area contributed by atoms with Crippen molar-refractivity contribution in [2.45, 2.75) is 12.1 Å². The van der Waals surface area contributed by atoms with Crippen LogP contribution in [0, 0.1) is 11.6 Å². The average molecular weight is 550 g/mol. The molecule has 1 saturated heterocycles. The zero-order chi connectivity index (χ0) is 28.1. The molecule has 10 nitrogen and oxygen atoms in total. The first-order valence-electron chi connectivity index (χ1n) is 12.7. The lowest BCUT2D eigenvalue weighted by Gasteiger charge is -2.36. The number of nitrogens with two attached hydrogens (primary N) is 1. The largest absolute Gasteiger partial charge is 0.490 e. The third-order valence-corrected chi connectivity index (χ3v) is 6.73. The van der Waals surface area contributed by atoms with Gasteiger partial charge in [-0.3, -0.25) is 0 Å². The lowest BCUT2D eigenvalue weighted by atomic mass is 9.94. The number of nitrogen functional groups attached to an aromatic ring is 1. The molecule has 3 aromatic carbocycles. The minimum absolute atomic E-state index is 0.112. The summed E-state index contributed by atoms with van der Waals surface area (Å²) in [5, 5.41) is 18.3. The monoisotopic (exact) mass is 549 g/mol. The number of nitrogens with one attached hydrogen (secondary N) is 1. The van der Waals surface area contributed by atoms with Crippen LogP contribution in [0.3, 0.4) is 0 Å². The Hall–Kier alpha value is -4.71. The number of urea groups is 1. The molecule has 1 unspecified atom stereocenters. The summed E-state index contributed by atoms with van der Waals surface area (Å²) in [5.41, 5.74) is 6.02. The summed E-state index contributed by atoms with van der Waals surface area (Å²) in [4.78, 5) is 20.4. The quantitative estimate of drug-likeness (QED) is 0.288. The van der Waals surface area contributed by atoms with Crippen LogP contribution in [-0.4, -0.2) is 63.6 Å². The van der Waals surface area contributed by atoms with Crippen LogP contribution >= 0.6 is 0 Å². The van der Waals surface area contributed by atoms with Crippen LogP contribution in [0.15, 0.2) is 79.4 Å². The van der Waals surface area contributed by atoms with Crippen molar-refractivity contribution in [3.8, 4) is 5.75 Å². The Labute approximate surface area is 229 Å². The molecule has 208 valence electrons. The Bertz CT molecular complexity index is 1430. The number of benzene rings is 3. The van der Waals surface area contributed by atoms with E-state index >= 15 is 0 Å². The highest BCUT2D eigenvalue weighted by atomic mass is 19.1. The first-order chi connectivity index (χ1) is 19.3. The van der Waals surface area contributed by atoms with Crippen molar-refractivity contribution in [1.82, 2.24) is 19.7 Å². The SMILES string of the molecule is Nc1ccc(NC(=O)N2CCN(c3ccc(OCC(O)(Cn4cncn4)c4ccc(F)cc4F)cc3)CC2)cc1. The lowest BCUT2D eigenvalue weighted by Crippen LogP contribution is -2.50. The summed E-state index contributed by atoms with van der Waals surface area (Å²) in [5.74, 6) is -1.17. The standard InChI is InChI=1S/C28H29F2N7O3/c29-20-1-10-25(26(30)15-20)28(39,16-37-19-32-18-33-37)17-40-24-8-6-23(7-9-24)35-11-13-36(14-12-35)27(38)34-22-4-2-21(31)3-5-22/h1-10,15,18-19,39H,11-14,16-17,31H2,(H,34,38). The van der Waals surface area contributed by atoms with Crippen LogP contribution in [-0.2, 0) is 12.1 Å². The van der Waals surface area contributed by atoms with Gasteiger partial charge in [0.2, 0.25) is 0 Å². The van der Waals surface area contributed by atoms with Gasteiger partial charge in [-0.15, -0.1) is 0 Å². The number of anilines is 3. The van der Waals surface area contributed by atoms with Gasteiger partial charge in [-0.25, -0.2) is 23.2 Å². The minimum Gasteiger partial charge on any atom is -0.490 e. The second-order valence-corrected chi connectivity index (χ2v) is 9.56. The normalized spacial score (nSPS) is 15.0. The van der Waals surface area contributed by atoms with E-state index in [0.717, 1.165) is 17.8 Å². The molecular weight excluding hydrogens is 520 g/mol. The van der Waals surface area contributed by atoms with Crippen molar-refractivity contribution in [2.24, 2.45) is 0 Å². The Kier molecular flexibility index (Phi) is 7.78. The molecule has 1 aromatic heterocycles. The summed E-state index contributed by atoms with van der Waals surface area (Å²) in [7, 11) is 0. The molecule has 1 fully saturated rings. The summed E-state index contributed by atoms with van der Waals surface area (Å²) in [6, 6.07) is 17.1. The molecule has 1 aliphatic heterocycles. The van der Waals surface area contributed by atoms with Crippen molar-refractivity contribution < 1.29 is 23.4 Å². The van der Waals surface area contributed by atoms with Crippen LogP contribution in [0.5, 0.6) is 5.75 Å². The Morgan fingerprint density at radius 2 is 1.75 bits per heavy atom. The van der Waals surface area contributed by atoms with Gasteiger partial charge >= 0.3 is 6.03 Å². The van der Waals surface area contributed by atoms with E-state index in [1.54, 1.807) is 41.3 Å². The van der Waals surface area contributed by atoms with Crippen LogP contribution in [0.2, 0.25) is 0 Å². The molecule has 1 aliphatic rings. The molecular formula is C28H29F2N7O3. The number of aromatic nitrogens is 3. The van der Waals surface area contributed by atoms with E-state index in [9.17, 15) is 18.7 Å². The number of rotatable bonds is 8. The Morgan fingerprint density at radius 3 is 2.40 bits per heavy atom. The maximum atomic E-state index is 14.6. The number of ether oxygens (including phenoxy) is 1. The minimum atomic E-state index is -1.84. The highest BCUT2D eigenvalue weighted by molar-refractivity contribution is 5.89. The lowest BCUT2D eigenvalue weighted by molar-refractivity contribution is -0.0297. The molecule has 2 heterocycles. The van der Waals surface area contributed by atoms with Gasteiger partial charge < -0.3 is 30.7 Å². The van der Waals surface area contributed by atoms with E-state index in [2.05, 4.69) is 20.3 Å². The molecule has 0 saturated carbocycles. The fraction of sp³-hybridized carbons (Fsp3) is 0.250. The predicted molar refractivity (Wildman–Crippen MR) is 146 cm³/mol. The smallest absolute Gasteiger partial charge is 0.321 e. The highest BCUT2D eigenvalue weighted by Gasteiger charge is 2.35. The summed E-state index contributed by atoms with van der Waals surface area (Å²) >= 11 is 0. The number of hydrogen-bond acceptors (Lipinski definition) is 7. The fourth-order valence-corrected chi connectivity index (χ4v) is 4.55. The molecule has 0 radical (unpaired) electrons. The number of hydrogen-bond donors (Lipinski definition) is 3. The predicted octanol–water partition coefficient (Wildman–Crippen LogP) is 3.46. The van der Waals surface area contributed by atoms with Crippen LogP contribution in [0.25, 0.3) is 0 Å². The first-order valence-corrected chi connectivity index (χ1v) is 12.7. The van der Waals surface area contributed by atoms with E-state index < -0.39 is 17.2 Å². The summed E-state index contributed by atoms with van der Waals surface area (Å²) in [6.45, 7) is 1.95. The van der Waals surface area contributed by atoms with E-state index in [-0.39, 0.29) is 24.7 Å². The fourth-order valence-electron chi connectivity index (χ4n) is 4.55. The van der Waals surface area contributed by atoms with E-state index in [1.165, 1.54) is 23.4 Å². The molecule has 4 N–H and O–H groups in total. The van der Waals surface area contributed by atoms with Crippen LogP contribution < -0.4 is 20.7 Å². The molecule has 40 heavy (non-hydrogen) atoms. The molecule has 0 bridgehead atoms. The Morgan fingerprint density at radius 1 is 1.02 bits per heavy atom. The molecule has 2 amide bonds. The van der Waals surface area contributed by atoms with E-state index in [4.69, 9.17) is 10.5 Å². The third-order valence-electron chi connectivity index (χ3n) is 6.73. The van der Waals surface area contributed by atoms with Crippen molar-refractivity contribution in [3.63, 3.8) is 0 Å². The molecule has 12 heteroatoms. The topological polar surface area (TPSA) is 122 Å². The van der Waals surface area contributed by atoms with Gasteiger partial charge in [0.1, 0.15) is 42.2 Å². The molecule has 0 spiro atoms. The van der Waals surface area contributed by atoms with Crippen LogP contribution in [0.1, 0.15) is 5.56 Å². The van der Waals surface area contributed by atoms with Gasteiger partial charge in [-0.05, 0) is 54.6 Å².